The van der Waals surface area contributed by atoms with E-state index in [9.17, 15) is 4.79 Å². The maximum Gasteiger partial charge on any atom is 0.339 e. The molecule has 1 unspecified atom stereocenters. The van der Waals surface area contributed by atoms with E-state index in [1.165, 1.54) is 0 Å². The number of nitrogens with zero attached hydrogens (tertiary/aromatic N) is 4. The number of rotatable bonds is 4. The SMILES string of the molecule is O=C1OC(Cn2cc(-c3ccccc3)nn2)Cc2cn(-c3ccccc3)c3cccc1c23. The highest BCUT2D eigenvalue weighted by atomic mass is 16.5. The van der Waals surface area contributed by atoms with Gasteiger partial charge in [0.25, 0.3) is 0 Å². The molecule has 1 aliphatic heterocycles. The van der Waals surface area contributed by atoms with Crippen molar-refractivity contribution in [2.45, 2.75) is 19.1 Å². The van der Waals surface area contributed by atoms with E-state index in [4.69, 9.17) is 4.74 Å². The van der Waals surface area contributed by atoms with E-state index in [0.29, 0.717) is 18.5 Å². The van der Waals surface area contributed by atoms with Crippen LogP contribution in [0.5, 0.6) is 0 Å². The van der Waals surface area contributed by atoms with Crippen molar-refractivity contribution in [1.29, 1.82) is 0 Å². The molecule has 6 rings (SSSR count). The Morgan fingerprint density at radius 3 is 2.50 bits per heavy atom. The van der Waals surface area contributed by atoms with Crippen molar-refractivity contribution in [2.24, 2.45) is 0 Å². The number of carbonyl (C=O) groups excluding carboxylic acids is 1. The Morgan fingerprint density at radius 2 is 1.69 bits per heavy atom. The second-order valence-corrected chi connectivity index (χ2v) is 7.98. The number of hydrogen-bond acceptors (Lipinski definition) is 4. The monoisotopic (exact) mass is 420 g/mol. The molecular formula is C26H20N4O2. The smallest absolute Gasteiger partial charge is 0.339 e. The van der Waals surface area contributed by atoms with Crippen molar-refractivity contribution in [3.8, 4) is 16.9 Å². The predicted octanol–water partition coefficient (Wildman–Crippen LogP) is 4.67. The van der Waals surface area contributed by atoms with Crippen molar-refractivity contribution in [3.63, 3.8) is 0 Å². The molecule has 2 aromatic heterocycles. The molecule has 0 fully saturated rings. The predicted molar refractivity (Wildman–Crippen MR) is 122 cm³/mol. The minimum atomic E-state index is -0.338. The lowest BCUT2D eigenvalue weighted by atomic mass is 10.0. The zero-order valence-corrected chi connectivity index (χ0v) is 17.3. The number of carbonyl (C=O) groups is 1. The van der Waals surface area contributed by atoms with Gasteiger partial charge in [-0.15, -0.1) is 5.10 Å². The fourth-order valence-corrected chi connectivity index (χ4v) is 4.44. The molecule has 156 valence electrons. The van der Waals surface area contributed by atoms with Crippen molar-refractivity contribution in [2.75, 3.05) is 0 Å². The van der Waals surface area contributed by atoms with Crippen LogP contribution in [-0.2, 0) is 17.7 Å². The van der Waals surface area contributed by atoms with Gasteiger partial charge in [0, 0.05) is 29.3 Å². The summed E-state index contributed by atoms with van der Waals surface area (Å²) in [6, 6.07) is 25.9. The first-order chi connectivity index (χ1) is 15.8. The zero-order chi connectivity index (χ0) is 21.5. The second-order valence-electron chi connectivity index (χ2n) is 7.98. The number of esters is 1. The van der Waals surface area contributed by atoms with E-state index in [1.807, 2.05) is 72.9 Å². The number of cyclic esters (lactones) is 1. The average molecular weight is 420 g/mol. The molecule has 0 aliphatic carbocycles. The van der Waals surface area contributed by atoms with Crippen LogP contribution in [0, 0.1) is 0 Å². The first-order valence-electron chi connectivity index (χ1n) is 10.6. The Labute approximate surface area is 184 Å². The molecule has 0 saturated heterocycles. The molecule has 1 atom stereocenters. The minimum absolute atomic E-state index is 0.298. The van der Waals surface area contributed by atoms with E-state index in [0.717, 1.165) is 33.4 Å². The van der Waals surface area contributed by atoms with E-state index in [-0.39, 0.29) is 12.1 Å². The summed E-state index contributed by atoms with van der Waals surface area (Å²) in [4.78, 5) is 13.0. The van der Waals surface area contributed by atoms with Gasteiger partial charge in [-0.25, -0.2) is 9.48 Å². The average Bonchev–Trinajstić information content (AvgIpc) is 3.42. The topological polar surface area (TPSA) is 61.9 Å². The van der Waals surface area contributed by atoms with Gasteiger partial charge in [0.1, 0.15) is 11.8 Å². The molecule has 0 N–H and O–H groups in total. The Kier molecular flexibility index (Phi) is 4.35. The van der Waals surface area contributed by atoms with Gasteiger partial charge in [-0.05, 0) is 29.8 Å². The first-order valence-corrected chi connectivity index (χ1v) is 10.6. The van der Waals surface area contributed by atoms with Crippen molar-refractivity contribution >= 4 is 16.9 Å². The summed E-state index contributed by atoms with van der Waals surface area (Å²) >= 11 is 0. The van der Waals surface area contributed by atoms with Gasteiger partial charge < -0.3 is 9.30 Å². The number of ether oxygens (including phenoxy) is 1. The summed E-state index contributed by atoms with van der Waals surface area (Å²) in [6.45, 7) is 0.442. The van der Waals surface area contributed by atoms with Crippen molar-refractivity contribution in [3.05, 3.63) is 102 Å². The molecule has 5 aromatic rings. The summed E-state index contributed by atoms with van der Waals surface area (Å²) in [5.41, 5.74) is 5.58. The molecule has 0 saturated carbocycles. The molecule has 3 aromatic carbocycles. The summed E-state index contributed by atoms with van der Waals surface area (Å²) in [7, 11) is 0. The van der Waals surface area contributed by atoms with Crippen LogP contribution >= 0.6 is 0 Å². The van der Waals surface area contributed by atoms with Gasteiger partial charge in [-0.2, -0.15) is 0 Å². The van der Waals surface area contributed by atoms with Crippen LogP contribution in [0.1, 0.15) is 15.9 Å². The van der Waals surface area contributed by atoms with Crippen LogP contribution in [-0.4, -0.2) is 31.6 Å². The maximum absolute atomic E-state index is 13.0. The molecular weight excluding hydrogens is 400 g/mol. The standard InChI is InChI=1S/C26H20N4O2/c31-26-22-12-7-13-24-25(22)19(15-30(24)20-10-5-2-6-11-20)14-21(32-26)16-29-17-23(27-28-29)18-8-3-1-4-9-18/h1-13,15,17,21H,14,16H2. The molecule has 0 radical (unpaired) electrons. The highest BCUT2D eigenvalue weighted by molar-refractivity contribution is 6.06. The molecule has 1 aliphatic rings. The highest BCUT2D eigenvalue weighted by Crippen LogP contribution is 2.32. The van der Waals surface area contributed by atoms with Crippen LogP contribution in [0.25, 0.3) is 27.8 Å². The van der Waals surface area contributed by atoms with Gasteiger partial charge in [0.15, 0.2) is 0 Å². The fraction of sp³-hybridized carbons (Fsp3) is 0.115. The van der Waals surface area contributed by atoms with Crippen LogP contribution < -0.4 is 0 Å². The third-order valence-electron chi connectivity index (χ3n) is 5.88. The largest absolute Gasteiger partial charge is 0.456 e. The molecule has 6 nitrogen and oxygen atoms in total. The van der Waals surface area contributed by atoms with E-state index in [1.54, 1.807) is 4.68 Å². The van der Waals surface area contributed by atoms with E-state index < -0.39 is 0 Å². The second kappa shape index (κ2) is 7.50. The van der Waals surface area contributed by atoms with Gasteiger partial charge in [-0.3, -0.25) is 0 Å². The Bertz CT molecular complexity index is 1420. The maximum atomic E-state index is 13.0. The quantitative estimate of drug-likeness (QED) is 0.397. The molecule has 32 heavy (non-hydrogen) atoms. The van der Waals surface area contributed by atoms with E-state index >= 15 is 0 Å². The Balaban J connectivity index is 1.35. The number of hydrogen-bond donors (Lipinski definition) is 0. The number of benzene rings is 3. The molecule has 0 bridgehead atoms. The minimum Gasteiger partial charge on any atom is -0.456 e. The third kappa shape index (κ3) is 3.17. The summed E-state index contributed by atoms with van der Waals surface area (Å²) in [5.74, 6) is -0.298. The van der Waals surface area contributed by atoms with Crippen LogP contribution in [0.4, 0.5) is 0 Å². The van der Waals surface area contributed by atoms with Crippen LogP contribution in [0.3, 0.4) is 0 Å². The van der Waals surface area contributed by atoms with Crippen LogP contribution in [0.2, 0.25) is 0 Å². The fourth-order valence-electron chi connectivity index (χ4n) is 4.44. The lowest BCUT2D eigenvalue weighted by molar-refractivity contribution is 0.0264. The zero-order valence-electron chi connectivity index (χ0n) is 17.3. The summed E-state index contributed by atoms with van der Waals surface area (Å²) in [6.07, 6.45) is 4.29. The first kappa shape index (κ1) is 18.6. The van der Waals surface area contributed by atoms with Crippen molar-refractivity contribution < 1.29 is 9.53 Å². The Morgan fingerprint density at radius 1 is 0.906 bits per heavy atom. The molecule has 3 heterocycles. The molecule has 0 amide bonds. The summed E-state index contributed by atoms with van der Waals surface area (Å²) in [5, 5.41) is 9.51. The van der Waals surface area contributed by atoms with E-state index in [2.05, 4.69) is 33.2 Å². The van der Waals surface area contributed by atoms with Gasteiger partial charge >= 0.3 is 5.97 Å². The molecule has 6 heteroatoms. The van der Waals surface area contributed by atoms with Crippen molar-refractivity contribution in [1.82, 2.24) is 19.6 Å². The van der Waals surface area contributed by atoms with Crippen LogP contribution in [0.15, 0.2) is 91.3 Å². The molecule has 0 spiro atoms. The normalized spacial score (nSPS) is 15.5. The third-order valence-corrected chi connectivity index (χ3v) is 5.88. The van der Waals surface area contributed by atoms with Gasteiger partial charge in [0.05, 0.1) is 23.8 Å². The lowest BCUT2D eigenvalue weighted by Gasteiger charge is -2.15. The number of para-hydroxylation sites is 1. The Hall–Kier alpha value is -4.19. The number of aromatic nitrogens is 4. The summed E-state index contributed by atoms with van der Waals surface area (Å²) < 4.78 is 9.77. The lowest BCUT2D eigenvalue weighted by Crippen LogP contribution is -2.24. The van der Waals surface area contributed by atoms with Gasteiger partial charge in [-0.1, -0.05) is 59.8 Å². The highest BCUT2D eigenvalue weighted by Gasteiger charge is 2.28. The van der Waals surface area contributed by atoms with Gasteiger partial charge in [0.2, 0.25) is 0 Å².